The van der Waals surface area contributed by atoms with Crippen LogP contribution in [-0.4, -0.2) is 12.6 Å². The fourth-order valence-electron chi connectivity index (χ4n) is 2.96. The molecule has 0 spiro atoms. The highest BCUT2D eigenvalue weighted by molar-refractivity contribution is 5.05. The lowest BCUT2D eigenvalue weighted by atomic mass is 9.97. The Morgan fingerprint density at radius 1 is 1.33 bits per heavy atom. The van der Waals surface area contributed by atoms with E-state index in [2.05, 4.69) is 18.3 Å². The minimum atomic E-state index is 0.823. The van der Waals surface area contributed by atoms with Crippen LogP contribution in [0.25, 0.3) is 0 Å². The van der Waals surface area contributed by atoms with Crippen LogP contribution in [0.3, 0.4) is 0 Å². The molecule has 2 aliphatic carbocycles. The second-order valence-corrected chi connectivity index (χ2v) is 5.43. The molecule has 0 heterocycles. The second-order valence-electron chi connectivity index (χ2n) is 5.43. The molecule has 0 aromatic rings. The summed E-state index contributed by atoms with van der Waals surface area (Å²) in [5.41, 5.74) is 1.71. The van der Waals surface area contributed by atoms with Crippen LogP contribution < -0.4 is 5.32 Å². The summed E-state index contributed by atoms with van der Waals surface area (Å²) in [6.45, 7) is 3.59. The summed E-state index contributed by atoms with van der Waals surface area (Å²) in [5, 5.41) is 3.72. The lowest BCUT2D eigenvalue weighted by Crippen LogP contribution is -2.27. The van der Waals surface area contributed by atoms with Crippen molar-refractivity contribution >= 4 is 0 Å². The first-order chi connectivity index (χ1) is 7.34. The third-order valence-electron chi connectivity index (χ3n) is 3.96. The maximum absolute atomic E-state index is 3.72. The molecule has 1 N–H and O–H groups in total. The molecule has 0 aromatic heterocycles. The maximum atomic E-state index is 3.72. The fourth-order valence-corrected chi connectivity index (χ4v) is 2.96. The summed E-state index contributed by atoms with van der Waals surface area (Å²) in [6.07, 6.45) is 13.5. The SMILES string of the molecule is C[C@@H]1CC[C@@H](NCCC2=CCCCC2)C1. The van der Waals surface area contributed by atoms with Gasteiger partial charge in [0.2, 0.25) is 0 Å². The van der Waals surface area contributed by atoms with Gasteiger partial charge in [-0.1, -0.05) is 18.6 Å². The van der Waals surface area contributed by atoms with Gasteiger partial charge in [-0.2, -0.15) is 0 Å². The molecule has 1 saturated carbocycles. The van der Waals surface area contributed by atoms with Crippen LogP contribution in [0, 0.1) is 5.92 Å². The van der Waals surface area contributed by atoms with E-state index in [1.165, 1.54) is 57.9 Å². The molecule has 0 bridgehead atoms. The smallest absolute Gasteiger partial charge is 0.00698 e. The van der Waals surface area contributed by atoms with Gasteiger partial charge in [-0.3, -0.25) is 0 Å². The van der Waals surface area contributed by atoms with Crippen molar-refractivity contribution in [3.63, 3.8) is 0 Å². The van der Waals surface area contributed by atoms with Gasteiger partial charge in [-0.25, -0.2) is 0 Å². The fraction of sp³-hybridized carbons (Fsp3) is 0.857. The van der Waals surface area contributed by atoms with Gasteiger partial charge in [-0.05, 0) is 63.8 Å². The van der Waals surface area contributed by atoms with Gasteiger partial charge in [0, 0.05) is 6.04 Å². The van der Waals surface area contributed by atoms with Crippen LogP contribution in [0.4, 0.5) is 0 Å². The second kappa shape index (κ2) is 5.69. The van der Waals surface area contributed by atoms with Gasteiger partial charge in [-0.15, -0.1) is 0 Å². The van der Waals surface area contributed by atoms with E-state index in [0.29, 0.717) is 0 Å². The topological polar surface area (TPSA) is 12.0 Å². The molecule has 0 aromatic carbocycles. The van der Waals surface area contributed by atoms with E-state index in [9.17, 15) is 0 Å². The minimum absolute atomic E-state index is 0.823. The molecule has 1 nitrogen and oxygen atoms in total. The molecule has 15 heavy (non-hydrogen) atoms. The quantitative estimate of drug-likeness (QED) is 0.694. The van der Waals surface area contributed by atoms with Crippen molar-refractivity contribution in [1.29, 1.82) is 0 Å². The molecule has 0 amide bonds. The van der Waals surface area contributed by atoms with Crippen LogP contribution in [0.2, 0.25) is 0 Å². The van der Waals surface area contributed by atoms with Gasteiger partial charge < -0.3 is 5.32 Å². The largest absolute Gasteiger partial charge is 0.314 e. The normalized spacial score (nSPS) is 31.7. The Morgan fingerprint density at radius 2 is 2.27 bits per heavy atom. The Bertz CT molecular complexity index is 219. The van der Waals surface area contributed by atoms with Crippen molar-refractivity contribution in [1.82, 2.24) is 5.32 Å². The number of hydrogen-bond donors (Lipinski definition) is 1. The summed E-state index contributed by atoms with van der Waals surface area (Å²) in [6, 6.07) is 0.823. The molecule has 0 saturated heterocycles. The zero-order valence-electron chi connectivity index (χ0n) is 10.1. The number of allylic oxidation sites excluding steroid dienone is 1. The number of rotatable bonds is 4. The van der Waals surface area contributed by atoms with Crippen LogP contribution in [0.15, 0.2) is 11.6 Å². The Hall–Kier alpha value is -0.300. The highest BCUT2D eigenvalue weighted by Crippen LogP contribution is 2.25. The Morgan fingerprint density at radius 3 is 2.93 bits per heavy atom. The predicted octanol–water partition coefficient (Wildman–Crippen LogP) is 3.66. The predicted molar refractivity (Wildman–Crippen MR) is 66.0 cm³/mol. The van der Waals surface area contributed by atoms with E-state index in [1.54, 1.807) is 5.57 Å². The molecule has 86 valence electrons. The average molecular weight is 207 g/mol. The van der Waals surface area contributed by atoms with Crippen molar-refractivity contribution in [3.8, 4) is 0 Å². The molecular formula is C14H25N. The Kier molecular flexibility index (Phi) is 4.25. The highest BCUT2D eigenvalue weighted by atomic mass is 14.9. The summed E-state index contributed by atoms with van der Waals surface area (Å²) in [4.78, 5) is 0. The lowest BCUT2D eigenvalue weighted by molar-refractivity contribution is 0.500. The monoisotopic (exact) mass is 207 g/mol. The Balaban J connectivity index is 1.60. The number of nitrogens with one attached hydrogen (secondary N) is 1. The molecule has 0 aliphatic heterocycles. The van der Waals surface area contributed by atoms with Crippen molar-refractivity contribution in [2.75, 3.05) is 6.54 Å². The zero-order valence-corrected chi connectivity index (χ0v) is 10.1. The van der Waals surface area contributed by atoms with E-state index >= 15 is 0 Å². The molecule has 1 heteroatoms. The third kappa shape index (κ3) is 3.64. The van der Waals surface area contributed by atoms with E-state index in [4.69, 9.17) is 0 Å². The average Bonchev–Trinajstić information content (AvgIpc) is 2.66. The van der Waals surface area contributed by atoms with Gasteiger partial charge in [0.15, 0.2) is 0 Å². The molecular weight excluding hydrogens is 182 g/mol. The van der Waals surface area contributed by atoms with Crippen LogP contribution >= 0.6 is 0 Å². The van der Waals surface area contributed by atoms with Gasteiger partial charge >= 0.3 is 0 Å². The summed E-state index contributed by atoms with van der Waals surface area (Å²) in [7, 11) is 0. The van der Waals surface area contributed by atoms with Gasteiger partial charge in [0.1, 0.15) is 0 Å². The van der Waals surface area contributed by atoms with Gasteiger partial charge in [0.25, 0.3) is 0 Å². The third-order valence-corrected chi connectivity index (χ3v) is 3.96. The summed E-state index contributed by atoms with van der Waals surface area (Å²) >= 11 is 0. The molecule has 0 unspecified atom stereocenters. The molecule has 1 fully saturated rings. The van der Waals surface area contributed by atoms with E-state index in [1.807, 2.05) is 0 Å². The van der Waals surface area contributed by atoms with E-state index in [-0.39, 0.29) is 0 Å². The van der Waals surface area contributed by atoms with Crippen LogP contribution in [0.5, 0.6) is 0 Å². The standard InChI is InChI=1S/C14H25N/c1-12-7-8-14(11-12)15-10-9-13-5-3-2-4-6-13/h5,12,14-15H,2-4,6-11H2,1H3/t12-,14-/m1/s1. The van der Waals surface area contributed by atoms with Crippen molar-refractivity contribution < 1.29 is 0 Å². The molecule has 2 aliphatic rings. The number of hydrogen-bond acceptors (Lipinski definition) is 1. The molecule has 2 rings (SSSR count). The van der Waals surface area contributed by atoms with Crippen molar-refractivity contribution in [2.24, 2.45) is 5.92 Å². The highest BCUT2D eigenvalue weighted by Gasteiger charge is 2.20. The first-order valence-electron chi connectivity index (χ1n) is 6.76. The molecule has 2 atom stereocenters. The first kappa shape index (κ1) is 11.2. The first-order valence-corrected chi connectivity index (χ1v) is 6.76. The summed E-state index contributed by atoms with van der Waals surface area (Å²) < 4.78 is 0. The van der Waals surface area contributed by atoms with Gasteiger partial charge in [0.05, 0.1) is 0 Å². The van der Waals surface area contributed by atoms with E-state index in [0.717, 1.165) is 12.0 Å². The Labute approximate surface area is 94.3 Å². The zero-order chi connectivity index (χ0) is 10.5. The lowest BCUT2D eigenvalue weighted by Gasteiger charge is -2.15. The van der Waals surface area contributed by atoms with Crippen LogP contribution in [0.1, 0.15) is 58.3 Å². The van der Waals surface area contributed by atoms with Crippen LogP contribution in [-0.2, 0) is 0 Å². The molecule has 0 radical (unpaired) electrons. The van der Waals surface area contributed by atoms with Crippen molar-refractivity contribution in [3.05, 3.63) is 11.6 Å². The maximum Gasteiger partial charge on any atom is 0.00698 e. The van der Waals surface area contributed by atoms with Crippen molar-refractivity contribution in [2.45, 2.75) is 64.3 Å². The summed E-state index contributed by atoms with van der Waals surface area (Å²) in [5.74, 6) is 0.955. The minimum Gasteiger partial charge on any atom is -0.314 e. The van der Waals surface area contributed by atoms with E-state index < -0.39 is 0 Å².